The predicted octanol–water partition coefficient (Wildman–Crippen LogP) is 4.95. The number of benzene rings is 1. The number of thioether (sulfide) groups is 2. The molecule has 34 heavy (non-hydrogen) atoms. The SMILES string of the molecule is CCCCOC(=O)C1=CN[C@]2(C(=O)OCC)[C@H]1C(=C1SCCS1)C(=O)C[C@@H]2c1ccc(Br)cc1. The van der Waals surface area contributed by atoms with Crippen molar-refractivity contribution in [3.05, 3.63) is 55.9 Å². The number of nitrogens with one attached hydrogen (secondary N) is 1. The number of ketones is 1. The van der Waals surface area contributed by atoms with Gasteiger partial charge in [0.1, 0.15) is 0 Å². The van der Waals surface area contributed by atoms with Gasteiger partial charge in [-0.15, -0.1) is 23.5 Å². The summed E-state index contributed by atoms with van der Waals surface area (Å²) >= 11 is 6.69. The molecule has 0 bridgehead atoms. The first-order chi connectivity index (χ1) is 16.4. The van der Waals surface area contributed by atoms with Crippen LogP contribution in [-0.2, 0) is 23.9 Å². The quantitative estimate of drug-likeness (QED) is 0.282. The van der Waals surface area contributed by atoms with Gasteiger partial charge in [0.25, 0.3) is 0 Å². The summed E-state index contributed by atoms with van der Waals surface area (Å²) in [5.74, 6) is -0.491. The summed E-state index contributed by atoms with van der Waals surface area (Å²) in [5.41, 5.74) is 0.391. The van der Waals surface area contributed by atoms with Gasteiger partial charge in [0.2, 0.25) is 0 Å². The fraction of sp³-hybridized carbons (Fsp3) is 0.480. The molecule has 1 aliphatic carbocycles. The third-order valence-electron chi connectivity index (χ3n) is 6.38. The van der Waals surface area contributed by atoms with Gasteiger partial charge < -0.3 is 14.8 Å². The van der Waals surface area contributed by atoms with Crippen molar-refractivity contribution in [2.45, 2.75) is 44.6 Å². The predicted molar refractivity (Wildman–Crippen MR) is 138 cm³/mol. The molecule has 182 valence electrons. The van der Waals surface area contributed by atoms with Gasteiger partial charge in [-0.2, -0.15) is 0 Å². The fourth-order valence-electron chi connectivity index (χ4n) is 4.82. The highest BCUT2D eigenvalue weighted by molar-refractivity contribution is 9.10. The lowest BCUT2D eigenvalue weighted by molar-refractivity contribution is -0.154. The van der Waals surface area contributed by atoms with E-state index in [2.05, 4.69) is 21.2 Å². The molecule has 3 atom stereocenters. The molecule has 1 aromatic carbocycles. The second-order valence-electron chi connectivity index (χ2n) is 8.39. The van der Waals surface area contributed by atoms with E-state index in [1.54, 1.807) is 36.6 Å². The van der Waals surface area contributed by atoms with Crippen LogP contribution in [0.15, 0.2) is 50.3 Å². The second kappa shape index (κ2) is 10.9. The lowest BCUT2D eigenvalue weighted by Crippen LogP contribution is -2.61. The molecule has 9 heteroatoms. The third-order valence-corrected chi connectivity index (χ3v) is 9.66. The number of fused-ring (bicyclic) bond motifs is 1. The molecule has 0 aromatic heterocycles. The van der Waals surface area contributed by atoms with E-state index in [9.17, 15) is 14.4 Å². The normalized spacial score (nSPS) is 26.1. The number of unbranched alkanes of at least 4 members (excludes halogenated alkanes) is 1. The Morgan fingerprint density at radius 2 is 1.85 bits per heavy atom. The molecule has 1 aromatic rings. The number of esters is 2. The van der Waals surface area contributed by atoms with E-state index in [0.717, 1.165) is 38.6 Å². The summed E-state index contributed by atoms with van der Waals surface area (Å²) in [6.45, 7) is 4.28. The first-order valence-electron chi connectivity index (χ1n) is 11.5. The van der Waals surface area contributed by atoms with Crippen LogP contribution in [0.4, 0.5) is 0 Å². The van der Waals surface area contributed by atoms with Gasteiger partial charge in [0.15, 0.2) is 11.3 Å². The van der Waals surface area contributed by atoms with E-state index >= 15 is 0 Å². The van der Waals surface area contributed by atoms with E-state index in [-0.39, 0.29) is 18.8 Å². The van der Waals surface area contributed by atoms with Crippen LogP contribution >= 0.6 is 39.5 Å². The number of hydrogen-bond acceptors (Lipinski definition) is 8. The van der Waals surface area contributed by atoms with E-state index in [1.165, 1.54) is 0 Å². The Morgan fingerprint density at radius 1 is 1.15 bits per heavy atom. The smallest absolute Gasteiger partial charge is 0.336 e. The maximum absolute atomic E-state index is 13.7. The number of ether oxygens (including phenoxy) is 2. The molecular formula is C25H28BrNO5S2. The van der Waals surface area contributed by atoms with Gasteiger partial charge >= 0.3 is 11.9 Å². The van der Waals surface area contributed by atoms with Crippen molar-refractivity contribution in [1.29, 1.82) is 0 Å². The molecule has 3 aliphatic rings. The molecule has 2 aliphatic heterocycles. The van der Waals surface area contributed by atoms with E-state index in [0.29, 0.717) is 17.8 Å². The molecule has 0 amide bonds. The Labute approximate surface area is 216 Å². The summed E-state index contributed by atoms with van der Waals surface area (Å²) in [7, 11) is 0. The van der Waals surface area contributed by atoms with Crippen LogP contribution in [0.5, 0.6) is 0 Å². The van der Waals surface area contributed by atoms with Crippen LogP contribution in [0.25, 0.3) is 0 Å². The molecule has 1 saturated heterocycles. The van der Waals surface area contributed by atoms with Crippen molar-refractivity contribution in [2.75, 3.05) is 24.7 Å². The molecule has 0 unspecified atom stereocenters. The summed E-state index contributed by atoms with van der Waals surface area (Å²) in [4.78, 5) is 40.6. The first-order valence-corrected chi connectivity index (χ1v) is 14.3. The van der Waals surface area contributed by atoms with Crippen LogP contribution in [0.3, 0.4) is 0 Å². The average molecular weight is 567 g/mol. The molecule has 2 heterocycles. The maximum Gasteiger partial charge on any atom is 0.336 e. The molecule has 1 N–H and O–H groups in total. The number of rotatable bonds is 7. The maximum atomic E-state index is 13.7. The first kappa shape index (κ1) is 25.4. The van der Waals surface area contributed by atoms with E-state index in [4.69, 9.17) is 9.47 Å². The number of hydrogen-bond donors (Lipinski definition) is 1. The Bertz CT molecular complexity index is 1030. The molecule has 2 fully saturated rings. The van der Waals surface area contributed by atoms with Crippen LogP contribution in [0.1, 0.15) is 44.6 Å². The van der Waals surface area contributed by atoms with Gasteiger partial charge in [-0.1, -0.05) is 41.4 Å². The molecule has 1 saturated carbocycles. The molecule has 0 radical (unpaired) electrons. The summed E-state index contributed by atoms with van der Waals surface area (Å²) in [6.07, 6.45) is 3.37. The summed E-state index contributed by atoms with van der Waals surface area (Å²) < 4.78 is 12.9. The van der Waals surface area contributed by atoms with Crippen molar-refractivity contribution in [1.82, 2.24) is 5.32 Å². The Morgan fingerprint density at radius 3 is 2.50 bits per heavy atom. The Hall–Kier alpha value is -1.71. The number of halogens is 1. The highest BCUT2D eigenvalue weighted by Gasteiger charge is 2.64. The zero-order chi connectivity index (χ0) is 24.3. The minimum absolute atomic E-state index is 0.0364. The van der Waals surface area contributed by atoms with Gasteiger partial charge in [-0.05, 0) is 31.0 Å². The Balaban J connectivity index is 1.86. The van der Waals surface area contributed by atoms with Crippen LogP contribution in [0.2, 0.25) is 0 Å². The minimum atomic E-state index is -1.30. The van der Waals surface area contributed by atoms with E-state index in [1.807, 2.05) is 31.2 Å². The monoisotopic (exact) mass is 565 g/mol. The zero-order valence-corrected chi connectivity index (χ0v) is 22.4. The fourth-order valence-corrected chi connectivity index (χ4v) is 7.73. The number of Topliss-reactive ketones (excluding diaryl/α,β-unsaturated/α-hetero) is 1. The van der Waals surface area contributed by atoms with Gasteiger partial charge in [-0.25, -0.2) is 9.59 Å². The van der Waals surface area contributed by atoms with Crippen molar-refractivity contribution >= 4 is 57.2 Å². The largest absolute Gasteiger partial charge is 0.464 e. The van der Waals surface area contributed by atoms with Crippen molar-refractivity contribution < 1.29 is 23.9 Å². The second-order valence-corrected chi connectivity index (χ2v) is 11.8. The zero-order valence-electron chi connectivity index (χ0n) is 19.2. The van der Waals surface area contributed by atoms with Crippen molar-refractivity contribution in [3.63, 3.8) is 0 Å². The van der Waals surface area contributed by atoms with Crippen molar-refractivity contribution in [3.8, 4) is 0 Å². The molecule has 6 nitrogen and oxygen atoms in total. The van der Waals surface area contributed by atoms with Crippen LogP contribution in [-0.4, -0.2) is 48.0 Å². The highest BCUT2D eigenvalue weighted by Crippen LogP contribution is 2.55. The topological polar surface area (TPSA) is 81.7 Å². The van der Waals surface area contributed by atoms with Crippen LogP contribution < -0.4 is 5.32 Å². The Kier molecular flexibility index (Phi) is 8.15. The standard InChI is InChI=1S/C25H28BrNO5S2/c1-3-5-10-32-22(29)17-14-27-25(24(30)31-4-2)18(15-6-8-16(26)9-7-15)13-19(28)20(21(17)25)23-33-11-12-34-23/h6-9,14,18,21,27H,3-5,10-13H2,1-2H3/t18-,21-,25+/m1/s1. The highest BCUT2D eigenvalue weighted by atomic mass is 79.9. The summed E-state index contributed by atoms with van der Waals surface area (Å²) in [5, 5.41) is 3.26. The lowest BCUT2D eigenvalue weighted by atomic mass is 9.61. The van der Waals surface area contributed by atoms with Gasteiger partial charge in [0, 0.05) is 44.3 Å². The molecule has 0 spiro atoms. The molecular weight excluding hydrogens is 538 g/mol. The minimum Gasteiger partial charge on any atom is -0.464 e. The van der Waals surface area contributed by atoms with Crippen LogP contribution in [0, 0.1) is 5.92 Å². The van der Waals surface area contributed by atoms with E-state index < -0.39 is 29.3 Å². The average Bonchev–Trinajstić information content (AvgIpc) is 3.49. The lowest BCUT2D eigenvalue weighted by Gasteiger charge is -2.45. The van der Waals surface area contributed by atoms with Crippen molar-refractivity contribution in [2.24, 2.45) is 5.92 Å². The third kappa shape index (κ3) is 4.58. The van der Waals surface area contributed by atoms with Gasteiger partial charge in [-0.3, -0.25) is 4.79 Å². The molecule has 4 rings (SSSR count). The number of carbonyl (C=O) groups is 3. The number of carbonyl (C=O) groups excluding carboxylic acids is 3. The van der Waals surface area contributed by atoms with Gasteiger partial charge in [0.05, 0.1) is 24.7 Å². The summed E-state index contributed by atoms with van der Waals surface area (Å²) in [6, 6.07) is 7.62.